The monoisotopic (exact) mass is 403 g/mol. The van der Waals surface area contributed by atoms with E-state index < -0.39 is 0 Å². The topological polar surface area (TPSA) is 50.4 Å². The van der Waals surface area contributed by atoms with Crippen LogP contribution in [0.3, 0.4) is 0 Å². The van der Waals surface area contributed by atoms with Gasteiger partial charge in [0.1, 0.15) is 0 Å². The Morgan fingerprint density at radius 2 is 1.62 bits per heavy atom. The van der Waals surface area contributed by atoms with Gasteiger partial charge in [-0.25, -0.2) is 0 Å². The molecule has 0 aliphatic heterocycles. The molecule has 4 heteroatoms. The molecule has 0 saturated heterocycles. The van der Waals surface area contributed by atoms with Gasteiger partial charge in [0.05, 0.1) is 6.54 Å². The Hall–Kier alpha value is -0.780. The highest BCUT2D eigenvalue weighted by atomic mass is 127. The smallest absolute Gasteiger partial charge is 0.189 e. The number of hydrogen-bond acceptors (Lipinski definition) is 1. The first-order chi connectivity index (χ1) is 9.14. The van der Waals surface area contributed by atoms with Gasteiger partial charge in [0.25, 0.3) is 0 Å². The average molecular weight is 403 g/mol. The summed E-state index contributed by atoms with van der Waals surface area (Å²) < 4.78 is 0. The maximum atomic E-state index is 5.93. The number of nitrogens with one attached hydrogen (secondary N) is 1. The highest BCUT2D eigenvalue weighted by Crippen LogP contribution is 2.24. The number of rotatable bonds is 4. The fourth-order valence-electron chi connectivity index (χ4n) is 1.99. The summed E-state index contributed by atoms with van der Waals surface area (Å²) >= 11 is 0. The lowest BCUT2D eigenvalue weighted by Gasteiger charge is -2.25. The van der Waals surface area contributed by atoms with Crippen molar-refractivity contribution in [1.82, 2.24) is 5.32 Å². The summed E-state index contributed by atoms with van der Waals surface area (Å²) in [5.74, 6) is 0.510. The van der Waals surface area contributed by atoms with Crippen LogP contribution in [0.4, 0.5) is 0 Å². The predicted molar refractivity (Wildman–Crippen MR) is 104 cm³/mol. The third-order valence-electron chi connectivity index (χ3n) is 3.29. The first-order valence-electron chi connectivity index (χ1n) is 7.31. The van der Waals surface area contributed by atoms with Crippen LogP contribution in [0.2, 0.25) is 0 Å². The van der Waals surface area contributed by atoms with Crippen LogP contribution < -0.4 is 11.1 Å². The molecular weight excluding hydrogens is 373 g/mol. The Morgan fingerprint density at radius 3 is 2.05 bits per heavy atom. The molecule has 21 heavy (non-hydrogen) atoms. The van der Waals surface area contributed by atoms with Crippen LogP contribution in [0.25, 0.3) is 0 Å². The standard InChI is InChI=1S/C17H29N3.HI/c1-7-13-8-10-14(11-9-13)17(5,6)12-19-15(18)20-16(2,3)4;/h8-11H,7,12H2,1-6H3,(H3,18,19,20);1H. The summed E-state index contributed by atoms with van der Waals surface area (Å²) in [5, 5.41) is 3.19. The van der Waals surface area contributed by atoms with Gasteiger partial charge >= 0.3 is 0 Å². The lowest BCUT2D eigenvalue weighted by atomic mass is 9.84. The third-order valence-corrected chi connectivity index (χ3v) is 3.29. The molecule has 0 unspecified atom stereocenters. The minimum Gasteiger partial charge on any atom is -0.370 e. The van der Waals surface area contributed by atoms with Gasteiger partial charge in [0, 0.05) is 11.0 Å². The molecule has 0 radical (unpaired) electrons. The highest BCUT2D eigenvalue weighted by molar-refractivity contribution is 14.0. The zero-order valence-corrected chi connectivity index (χ0v) is 16.5. The van der Waals surface area contributed by atoms with Gasteiger partial charge in [-0.05, 0) is 38.3 Å². The van der Waals surface area contributed by atoms with E-state index in [1.807, 2.05) is 0 Å². The number of benzene rings is 1. The normalized spacial score (nSPS) is 12.8. The summed E-state index contributed by atoms with van der Waals surface area (Å²) in [7, 11) is 0. The predicted octanol–water partition coefficient (Wildman–Crippen LogP) is 3.85. The van der Waals surface area contributed by atoms with Crippen molar-refractivity contribution >= 4 is 29.9 Å². The van der Waals surface area contributed by atoms with Gasteiger partial charge in [-0.15, -0.1) is 24.0 Å². The van der Waals surface area contributed by atoms with Gasteiger partial charge in [-0.2, -0.15) is 0 Å². The fourth-order valence-corrected chi connectivity index (χ4v) is 1.99. The number of nitrogens with two attached hydrogens (primary N) is 1. The first kappa shape index (κ1) is 20.2. The molecule has 0 aliphatic carbocycles. The maximum absolute atomic E-state index is 5.93. The Bertz CT molecular complexity index is 456. The second-order valence-corrected chi connectivity index (χ2v) is 7.01. The van der Waals surface area contributed by atoms with Crippen LogP contribution in [0, 0.1) is 0 Å². The number of halogens is 1. The second-order valence-electron chi connectivity index (χ2n) is 7.01. The lowest BCUT2D eigenvalue weighted by Crippen LogP contribution is -2.45. The molecule has 0 bridgehead atoms. The summed E-state index contributed by atoms with van der Waals surface area (Å²) in [4.78, 5) is 4.48. The van der Waals surface area contributed by atoms with Crippen molar-refractivity contribution in [2.45, 2.75) is 58.9 Å². The molecule has 1 aromatic rings. The van der Waals surface area contributed by atoms with Crippen LogP contribution in [-0.2, 0) is 11.8 Å². The number of aryl methyl sites for hydroxylation is 1. The van der Waals surface area contributed by atoms with Crippen molar-refractivity contribution in [3.63, 3.8) is 0 Å². The number of hydrogen-bond donors (Lipinski definition) is 2. The molecule has 0 aliphatic rings. The number of guanidine groups is 1. The van der Waals surface area contributed by atoms with Gasteiger partial charge < -0.3 is 11.1 Å². The molecule has 1 aromatic carbocycles. The molecule has 3 N–H and O–H groups in total. The van der Waals surface area contributed by atoms with E-state index in [0.717, 1.165) is 6.42 Å². The molecule has 3 nitrogen and oxygen atoms in total. The second kappa shape index (κ2) is 8.01. The summed E-state index contributed by atoms with van der Waals surface area (Å²) in [6.45, 7) is 13.5. The minimum absolute atomic E-state index is 0. The van der Waals surface area contributed by atoms with Crippen LogP contribution in [0.15, 0.2) is 29.3 Å². The van der Waals surface area contributed by atoms with E-state index >= 15 is 0 Å². The van der Waals surface area contributed by atoms with E-state index in [-0.39, 0.29) is 34.9 Å². The Kier molecular flexibility index (Phi) is 7.71. The van der Waals surface area contributed by atoms with Crippen LogP contribution >= 0.6 is 24.0 Å². The summed E-state index contributed by atoms with van der Waals surface area (Å²) in [6.07, 6.45) is 1.07. The van der Waals surface area contributed by atoms with E-state index in [1.165, 1.54) is 11.1 Å². The zero-order chi connectivity index (χ0) is 15.4. The molecular formula is C17H30IN3. The van der Waals surface area contributed by atoms with Gasteiger partial charge in [-0.3, -0.25) is 4.99 Å². The molecule has 120 valence electrons. The number of aliphatic imine (C=N–C) groups is 1. The van der Waals surface area contributed by atoms with Gasteiger partial charge in [0.15, 0.2) is 5.96 Å². The van der Waals surface area contributed by atoms with Crippen molar-refractivity contribution in [3.8, 4) is 0 Å². The van der Waals surface area contributed by atoms with Gasteiger partial charge in [0.2, 0.25) is 0 Å². The first-order valence-corrected chi connectivity index (χ1v) is 7.31. The molecule has 0 spiro atoms. The summed E-state index contributed by atoms with van der Waals surface area (Å²) in [6, 6.07) is 8.78. The molecule has 0 amide bonds. The minimum atomic E-state index is -0.0551. The van der Waals surface area contributed by atoms with Gasteiger partial charge in [-0.1, -0.05) is 45.0 Å². The van der Waals surface area contributed by atoms with Crippen molar-refractivity contribution in [2.75, 3.05) is 6.54 Å². The third kappa shape index (κ3) is 7.16. The van der Waals surface area contributed by atoms with Crippen LogP contribution in [0.5, 0.6) is 0 Å². The van der Waals surface area contributed by atoms with E-state index in [4.69, 9.17) is 5.73 Å². The molecule has 0 atom stereocenters. The van der Waals surface area contributed by atoms with E-state index in [2.05, 4.69) is 76.1 Å². The maximum Gasteiger partial charge on any atom is 0.189 e. The Balaban J connectivity index is 0.00000400. The highest BCUT2D eigenvalue weighted by Gasteiger charge is 2.20. The average Bonchev–Trinajstić information content (AvgIpc) is 2.35. The van der Waals surface area contributed by atoms with Crippen LogP contribution in [-0.4, -0.2) is 18.0 Å². The molecule has 0 aromatic heterocycles. The molecule has 0 saturated carbocycles. The molecule has 0 heterocycles. The van der Waals surface area contributed by atoms with E-state index in [9.17, 15) is 0 Å². The largest absolute Gasteiger partial charge is 0.370 e. The van der Waals surface area contributed by atoms with Crippen LogP contribution in [0.1, 0.15) is 52.7 Å². The van der Waals surface area contributed by atoms with Crippen molar-refractivity contribution in [2.24, 2.45) is 10.7 Å². The van der Waals surface area contributed by atoms with Crippen molar-refractivity contribution in [1.29, 1.82) is 0 Å². The SMILES string of the molecule is CCc1ccc(C(C)(C)CN=C(N)NC(C)(C)C)cc1.I. The number of nitrogens with zero attached hydrogens (tertiary/aromatic N) is 1. The van der Waals surface area contributed by atoms with E-state index in [0.29, 0.717) is 12.5 Å². The molecule has 0 fully saturated rings. The fraction of sp³-hybridized carbons (Fsp3) is 0.588. The Labute approximate surface area is 146 Å². The quantitative estimate of drug-likeness (QED) is 0.456. The van der Waals surface area contributed by atoms with Crippen molar-refractivity contribution in [3.05, 3.63) is 35.4 Å². The Morgan fingerprint density at radius 1 is 1.10 bits per heavy atom. The lowest BCUT2D eigenvalue weighted by molar-refractivity contribution is 0.500. The molecule has 1 rings (SSSR count). The van der Waals surface area contributed by atoms with Crippen molar-refractivity contribution < 1.29 is 0 Å². The zero-order valence-electron chi connectivity index (χ0n) is 14.2. The van der Waals surface area contributed by atoms with E-state index in [1.54, 1.807) is 0 Å². The summed E-state index contributed by atoms with van der Waals surface area (Å²) in [5.41, 5.74) is 8.51.